The van der Waals surface area contributed by atoms with E-state index >= 15 is 0 Å². The van der Waals surface area contributed by atoms with Crippen LogP contribution in [0.2, 0.25) is 0 Å². The summed E-state index contributed by atoms with van der Waals surface area (Å²) in [5.41, 5.74) is 1.46. The number of aromatic nitrogens is 4. The summed E-state index contributed by atoms with van der Waals surface area (Å²) in [6.45, 7) is 0. The molecule has 0 unspecified atom stereocenters. The van der Waals surface area contributed by atoms with Gasteiger partial charge in [0.15, 0.2) is 15.6 Å². The van der Waals surface area contributed by atoms with Gasteiger partial charge < -0.3 is 9.97 Å². The molecule has 0 aliphatic heterocycles. The first-order valence-corrected chi connectivity index (χ1v) is 7.11. The second-order valence-electron chi connectivity index (χ2n) is 4.09. The molecule has 0 aliphatic carbocycles. The summed E-state index contributed by atoms with van der Waals surface area (Å²) in [5.74, 6) is 0.361. The molecule has 0 spiro atoms. The number of fused-ring (bicyclic) bond motifs is 1. The van der Waals surface area contributed by atoms with Gasteiger partial charge in [0.2, 0.25) is 0 Å². The van der Waals surface area contributed by atoms with Gasteiger partial charge in [0.05, 0.1) is 0 Å². The number of thioether (sulfide) groups is 1. The molecule has 5 nitrogen and oxygen atoms in total. The Kier molecular flexibility index (Phi) is 3.41. The molecule has 0 bridgehead atoms. The van der Waals surface area contributed by atoms with Gasteiger partial charge in [0.25, 0.3) is 5.56 Å². The van der Waals surface area contributed by atoms with Crippen molar-refractivity contribution in [2.45, 2.75) is 10.9 Å². The Labute approximate surface area is 121 Å². The van der Waals surface area contributed by atoms with E-state index in [1.165, 1.54) is 23.9 Å². The average molecular weight is 308 g/mol. The number of hydrogen-bond donors (Lipinski definition) is 3. The van der Waals surface area contributed by atoms with E-state index in [2.05, 4.69) is 19.9 Å². The summed E-state index contributed by atoms with van der Waals surface area (Å²) in [6, 6.07) is 6.25. The van der Waals surface area contributed by atoms with E-state index in [1.807, 2.05) is 0 Å². The summed E-state index contributed by atoms with van der Waals surface area (Å²) >= 11 is 6.31. The SMILES string of the molecule is O=c1[nH]c(=S)[nH]c2nc(SCc3ccc(F)cc3)[nH]c12. The lowest BCUT2D eigenvalue weighted by Crippen LogP contribution is -2.07. The number of aromatic amines is 3. The lowest BCUT2D eigenvalue weighted by atomic mass is 10.2. The molecule has 0 saturated carbocycles. The maximum atomic E-state index is 12.8. The van der Waals surface area contributed by atoms with Crippen LogP contribution in [0.5, 0.6) is 0 Å². The monoisotopic (exact) mass is 308 g/mol. The van der Waals surface area contributed by atoms with Crippen molar-refractivity contribution in [2.24, 2.45) is 0 Å². The Hall–Kier alpha value is -1.93. The summed E-state index contributed by atoms with van der Waals surface area (Å²) in [5, 5.41) is 0.603. The molecule has 2 heterocycles. The van der Waals surface area contributed by atoms with Crippen LogP contribution >= 0.6 is 24.0 Å². The van der Waals surface area contributed by atoms with E-state index in [-0.39, 0.29) is 16.1 Å². The van der Waals surface area contributed by atoms with Crippen molar-refractivity contribution < 1.29 is 4.39 Å². The molecule has 0 radical (unpaired) electrons. The van der Waals surface area contributed by atoms with Crippen LogP contribution in [0.4, 0.5) is 4.39 Å². The van der Waals surface area contributed by atoms with Gasteiger partial charge in [-0.2, -0.15) is 0 Å². The maximum Gasteiger partial charge on any atom is 0.277 e. The molecule has 3 aromatic rings. The minimum absolute atomic E-state index is 0.240. The molecule has 0 saturated heterocycles. The molecule has 3 N–H and O–H groups in total. The minimum atomic E-state index is -0.301. The van der Waals surface area contributed by atoms with E-state index in [0.717, 1.165) is 5.56 Å². The topological polar surface area (TPSA) is 77.3 Å². The number of hydrogen-bond acceptors (Lipinski definition) is 4. The summed E-state index contributed by atoms with van der Waals surface area (Å²) in [7, 11) is 0. The number of nitrogens with zero attached hydrogens (tertiary/aromatic N) is 1. The van der Waals surface area contributed by atoms with E-state index in [1.54, 1.807) is 12.1 Å². The predicted molar refractivity (Wildman–Crippen MR) is 77.9 cm³/mol. The highest BCUT2D eigenvalue weighted by Gasteiger charge is 2.07. The van der Waals surface area contributed by atoms with Crippen molar-refractivity contribution in [1.29, 1.82) is 0 Å². The highest BCUT2D eigenvalue weighted by Crippen LogP contribution is 2.21. The van der Waals surface area contributed by atoms with Gasteiger partial charge in [0, 0.05) is 5.75 Å². The van der Waals surface area contributed by atoms with Crippen molar-refractivity contribution in [2.75, 3.05) is 0 Å². The van der Waals surface area contributed by atoms with Gasteiger partial charge in [-0.05, 0) is 29.9 Å². The Morgan fingerprint density at radius 1 is 1.20 bits per heavy atom. The molecule has 1 aromatic carbocycles. The number of benzene rings is 1. The van der Waals surface area contributed by atoms with Gasteiger partial charge in [-0.1, -0.05) is 23.9 Å². The lowest BCUT2D eigenvalue weighted by Gasteiger charge is -1.98. The van der Waals surface area contributed by atoms with Crippen molar-refractivity contribution in [3.05, 3.63) is 50.8 Å². The van der Waals surface area contributed by atoms with Crippen LogP contribution in [0.3, 0.4) is 0 Å². The maximum absolute atomic E-state index is 12.8. The van der Waals surface area contributed by atoms with Crippen LogP contribution in [0.15, 0.2) is 34.2 Å². The molecule has 0 amide bonds. The third-order valence-corrected chi connectivity index (χ3v) is 3.81. The molecular weight excluding hydrogens is 299 g/mol. The summed E-state index contributed by atoms with van der Waals surface area (Å²) in [4.78, 5) is 24.1. The molecule has 0 atom stereocenters. The van der Waals surface area contributed by atoms with Gasteiger partial charge in [-0.3, -0.25) is 9.78 Å². The standard InChI is InChI=1S/C12H9FN4OS2/c13-7-3-1-6(2-4-7)5-20-12-14-8-9(16-12)15-11(19)17-10(8)18/h1-4H,5H2,(H3,14,15,16,17,18,19). The Morgan fingerprint density at radius 2 is 1.95 bits per heavy atom. The number of H-pyrrole nitrogens is 3. The van der Waals surface area contributed by atoms with Gasteiger partial charge >= 0.3 is 0 Å². The van der Waals surface area contributed by atoms with Gasteiger partial charge in [-0.25, -0.2) is 9.37 Å². The molecule has 0 aliphatic rings. The van der Waals surface area contributed by atoms with Crippen LogP contribution < -0.4 is 5.56 Å². The van der Waals surface area contributed by atoms with Gasteiger partial charge in [0.1, 0.15) is 11.3 Å². The van der Waals surface area contributed by atoms with Crippen LogP contribution in [-0.2, 0) is 5.75 Å². The van der Waals surface area contributed by atoms with E-state index in [4.69, 9.17) is 12.2 Å². The first kappa shape index (κ1) is 13.1. The van der Waals surface area contributed by atoms with E-state index in [0.29, 0.717) is 22.1 Å². The summed E-state index contributed by atoms with van der Waals surface area (Å²) in [6.07, 6.45) is 0. The largest absolute Gasteiger partial charge is 0.327 e. The second kappa shape index (κ2) is 5.22. The molecule has 2 aromatic heterocycles. The zero-order valence-corrected chi connectivity index (χ0v) is 11.7. The van der Waals surface area contributed by atoms with Crippen LogP contribution in [0.25, 0.3) is 11.2 Å². The number of imidazole rings is 1. The molecule has 20 heavy (non-hydrogen) atoms. The smallest absolute Gasteiger partial charge is 0.277 e. The molecule has 0 fully saturated rings. The number of nitrogens with one attached hydrogen (secondary N) is 3. The molecule has 102 valence electrons. The Bertz CT molecular complexity index is 866. The molecule has 8 heteroatoms. The fourth-order valence-corrected chi connectivity index (χ4v) is 2.73. The van der Waals surface area contributed by atoms with Crippen LogP contribution in [0, 0.1) is 10.6 Å². The van der Waals surface area contributed by atoms with Crippen molar-refractivity contribution in [3.8, 4) is 0 Å². The second-order valence-corrected chi connectivity index (χ2v) is 5.46. The third kappa shape index (κ3) is 2.66. The Balaban J connectivity index is 1.84. The van der Waals surface area contributed by atoms with Crippen molar-refractivity contribution in [3.63, 3.8) is 0 Å². The van der Waals surface area contributed by atoms with Crippen molar-refractivity contribution in [1.82, 2.24) is 19.9 Å². The lowest BCUT2D eigenvalue weighted by molar-refractivity contribution is 0.627. The number of rotatable bonds is 3. The third-order valence-electron chi connectivity index (χ3n) is 2.66. The van der Waals surface area contributed by atoms with E-state index in [9.17, 15) is 9.18 Å². The summed E-state index contributed by atoms with van der Waals surface area (Å²) < 4.78 is 13.0. The van der Waals surface area contributed by atoms with Crippen LogP contribution in [0.1, 0.15) is 5.56 Å². The predicted octanol–water partition coefficient (Wildman–Crippen LogP) is 2.74. The van der Waals surface area contributed by atoms with E-state index < -0.39 is 0 Å². The fourth-order valence-electron chi connectivity index (χ4n) is 1.71. The zero-order valence-electron chi connectivity index (χ0n) is 10.1. The first-order valence-electron chi connectivity index (χ1n) is 5.71. The minimum Gasteiger partial charge on any atom is -0.327 e. The van der Waals surface area contributed by atoms with Crippen LogP contribution in [-0.4, -0.2) is 19.9 Å². The molecule has 3 rings (SSSR count). The highest BCUT2D eigenvalue weighted by molar-refractivity contribution is 7.98. The van der Waals surface area contributed by atoms with Gasteiger partial charge in [-0.15, -0.1) is 0 Å². The molecular formula is C12H9FN4OS2. The highest BCUT2D eigenvalue weighted by atomic mass is 32.2. The Morgan fingerprint density at radius 3 is 2.70 bits per heavy atom. The normalized spacial score (nSPS) is 11.1. The fraction of sp³-hybridized carbons (Fsp3) is 0.0833. The number of halogens is 1. The zero-order chi connectivity index (χ0) is 14.1. The quantitative estimate of drug-likeness (QED) is 0.513. The van der Waals surface area contributed by atoms with Crippen molar-refractivity contribution >= 4 is 35.1 Å². The first-order chi connectivity index (χ1) is 9.61. The average Bonchev–Trinajstić information content (AvgIpc) is 2.81.